The van der Waals surface area contributed by atoms with Crippen LogP contribution in [0.3, 0.4) is 0 Å². The molecule has 0 saturated carbocycles. The van der Waals surface area contributed by atoms with Crippen molar-refractivity contribution >= 4 is 12.1 Å². The molecule has 7 heteroatoms. The maximum Gasteiger partial charge on any atom is 0.373 e. The van der Waals surface area contributed by atoms with Gasteiger partial charge in [0.15, 0.2) is 0 Å². The minimum atomic E-state index is -0.566. The second-order valence-electron chi connectivity index (χ2n) is 7.05. The molecule has 29 heavy (non-hydrogen) atoms. The summed E-state index contributed by atoms with van der Waals surface area (Å²) in [6.45, 7) is 12.4. The molecule has 156 valence electrons. The number of benzene rings is 1. The largest absolute Gasteiger partial charge is 0.493 e. The van der Waals surface area contributed by atoms with Crippen molar-refractivity contribution in [3.05, 3.63) is 41.7 Å². The Morgan fingerprint density at radius 2 is 1.52 bits per heavy atom. The summed E-state index contributed by atoms with van der Waals surface area (Å²) in [6, 6.07) is 5.68. The first-order valence-electron chi connectivity index (χ1n) is 9.25. The number of carbonyl (C=O) groups is 1. The van der Waals surface area contributed by atoms with Gasteiger partial charge in [0.25, 0.3) is 0 Å². The first kappa shape index (κ1) is 23.9. The zero-order chi connectivity index (χ0) is 22.0. The summed E-state index contributed by atoms with van der Waals surface area (Å²) in [7, 11) is 0. The number of aryl methyl sites for hydroxylation is 1. The minimum Gasteiger partial charge on any atom is -0.493 e. The van der Waals surface area contributed by atoms with Gasteiger partial charge >= 0.3 is 12.1 Å². The molecule has 0 aliphatic rings. The van der Waals surface area contributed by atoms with Gasteiger partial charge in [-0.25, -0.2) is 4.79 Å². The number of aromatic nitrogens is 1. The van der Waals surface area contributed by atoms with Crippen LogP contribution in [0, 0.1) is 6.92 Å². The molecule has 0 amide bonds. The topological polar surface area (TPSA) is 91.8 Å². The molecule has 7 nitrogen and oxygen atoms in total. The Hall–Kier alpha value is -3.18. The molecule has 2 rings (SSSR count). The molecular weight excluding hydrogens is 374 g/mol. The summed E-state index contributed by atoms with van der Waals surface area (Å²) in [6.07, 6.45) is 3.45. The van der Waals surface area contributed by atoms with Crippen LogP contribution >= 0.6 is 0 Å². The van der Waals surface area contributed by atoms with E-state index < -0.39 is 11.6 Å². The molecule has 0 N–H and O–H groups in total. The van der Waals surface area contributed by atoms with E-state index in [1.54, 1.807) is 12.3 Å². The van der Waals surface area contributed by atoms with Gasteiger partial charge in [-0.05, 0) is 65.3 Å². The van der Waals surface area contributed by atoms with Gasteiger partial charge in [0.2, 0.25) is 0 Å². The second-order valence-corrected chi connectivity index (χ2v) is 7.05. The summed E-state index contributed by atoms with van der Waals surface area (Å²) < 4.78 is 17.1. The average Bonchev–Trinajstić information content (AvgIpc) is 2.61. The fourth-order valence-electron chi connectivity index (χ4n) is 2.57. The van der Waals surface area contributed by atoms with Crippen molar-refractivity contribution < 1.29 is 28.6 Å². The number of hydrogen-bond acceptors (Lipinski definition) is 7. The maximum atomic E-state index is 12.4. The molecule has 1 aromatic carbocycles. The van der Waals surface area contributed by atoms with E-state index in [1.807, 2.05) is 53.7 Å². The van der Waals surface area contributed by atoms with Crippen LogP contribution in [0.5, 0.6) is 11.5 Å². The third-order valence-electron chi connectivity index (χ3n) is 3.47. The smallest absolute Gasteiger partial charge is 0.373 e. The molecule has 0 fully saturated rings. The van der Waals surface area contributed by atoms with Gasteiger partial charge in [-0.2, -0.15) is 9.59 Å². The average molecular weight is 401 g/mol. The molecule has 0 aliphatic heterocycles. The van der Waals surface area contributed by atoms with Crippen LogP contribution in [0.2, 0.25) is 0 Å². The van der Waals surface area contributed by atoms with Crippen molar-refractivity contribution in [1.82, 2.24) is 4.98 Å². The molecule has 0 unspecified atom stereocenters. The van der Waals surface area contributed by atoms with Gasteiger partial charge in [-0.3, -0.25) is 4.98 Å². The molecule has 0 spiro atoms. The molecular formula is C22H27NO6. The van der Waals surface area contributed by atoms with E-state index in [4.69, 9.17) is 23.8 Å². The Labute approximate surface area is 171 Å². The van der Waals surface area contributed by atoms with Crippen molar-refractivity contribution in [1.29, 1.82) is 0 Å². The van der Waals surface area contributed by atoms with Crippen molar-refractivity contribution in [3.8, 4) is 22.6 Å². The SMILES string of the molecule is CCOc1cc(C)cc(OCC)c1-c1cncc(C(=O)OC(C)(C)C)c1.O=C=O. The van der Waals surface area contributed by atoms with Gasteiger partial charge in [0.05, 0.1) is 24.3 Å². The standard InChI is InChI=1S/C21H27NO4.CO2/c1-7-24-17-9-14(3)10-18(25-8-2)19(17)15-11-16(13-22-12-15)20(23)26-21(4,5)6;2-1-3/h9-13H,7-8H2,1-6H3;. The number of pyridine rings is 1. The Kier molecular flexibility index (Phi) is 9.03. The van der Waals surface area contributed by atoms with E-state index in [2.05, 4.69) is 4.98 Å². The summed E-state index contributed by atoms with van der Waals surface area (Å²) in [5.74, 6) is 1.01. The molecule has 0 atom stereocenters. The zero-order valence-electron chi connectivity index (χ0n) is 17.7. The lowest BCUT2D eigenvalue weighted by Crippen LogP contribution is -2.24. The van der Waals surface area contributed by atoms with Crippen LogP contribution in [0.25, 0.3) is 11.1 Å². The second kappa shape index (κ2) is 11.0. The number of nitrogens with zero attached hydrogens (tertiary/aromatic N) is 1. The highest BCUT2D eigenvalue weighted by Gasteiger charge is 2.20. The van der Waals surface area contributed by atoms with E-state index in [1.165, 1.54) is 6.20 Å². The lowest BCUT2D eigenvalue weighted by Gasteiger charge is -2.20. The lowest BCUT2D eigenvalue weighted by atomic mass is 10.0. The Morgan fingerprint density at radius 3 is 1.97 bits per heavy atom. The Morgan fingerprint density at radius 1 is 1.00 bits per heavy atom. The monoisotopic (exact) mass is 401 g/mol. The van der Waals surface area contributed by atoms with E-state index in [-0.39, 0.29) is 6.15 Å². The Bertz CT molecular complexity index is 837. The van der Waals surface area contributed by atoms with Crippen LogP contribution in [0.15, 0.2) is 30.6 Å². The fourth-order valence-corrected chi connectivity index (χ4v) is 2.57. The van der Waals surface area contributed by atoms with Gasteiger partial charge in [-0.15, -0.1) is 0 Å². The number of rotatable bonds is 6. The summed E-state index contributed by atoms with van der Waals surface area (Å²) in [4.78, 5) is 32.9. The minimum absolute atomic E-state index is 0.250. The van der Waals surface area contributed by atoms with E-state index in [0.29, 0.717) is 30.3 Å². The first-order valence-corrected chi connectivity index (χ1v) is 9.25. The molecule has 1 heterocycles. The van der Waals surface area contributed by atoms with E-state index in [0.717, 1.165) is 16.7 Å². The summed E-state index contributed by atoms with van der Waals surface area (Å²) >= 11 is 0. The molecule has 0 bridgehead atoms. The summed E-state index contributed by atoms with van der Waals surface area (Å²) in [5, 5.41) is 0. The highest BCUT2D eigenvalue weighted by Crippen LogP contribution is 2.40. The van der Waals surface area contributed by atoms with Crippen molar-refractivity contribution in [2.45, 2.75) is 47.1 Å². The molecule has 1 aromatic heterocycles. The quantitative estimate of drug-likeness (QED) is 0.669. The van der Waals surface area contributed by atoms with Crippen LogP contribution in [-0.4, -0.2) is 35.9 Å². The normalized spacial score (nSPS) is 10.3. The van der Waals surface area contributed by atoms with Crippen molar-refractivity contribution in [2.75, 3.05) is 13.2 Å². The summed E-state index contributed by atoms with van der Waals surface area (Å²) in [5.41, 5.74) is 2.40. The number of esters is 1. The predicted octanol–water partition coefficient (Wildman–Crippen LogP) is 4.23. The van der Waals surface area contributed by atoms with E-state index in [9.17, 15) is 4.79 Å². The van der Waals surface area contributed by atoms with Crippen LogP contribution < -0.4 is 9.47 Å². The van der Waals surface area contributed by atoms with Gasteiger partial charge < -0.3 is 14.2 Å². The molecule has 0 saturated heterocycles. The zero-order valence-corrected chi connectivity index (χ0v) is 17.7. The van der Waals surface area contributed by atoms with Gasteiger partial charge in [0, 0.05) is 18.0 Å². The predicted molar refractivity (Wildman–Crippen MR) is 107 cm³/mol. The van der Waals surface area contributed by atoms with Crippen molar-refractivity contribution in [2.24, 2.45) is 0 Å². The van der Waals surface area contributed by atoms with E-state index >= 15 is 0 Å². The van der Waals surface area contributed by atoms with Gasteiger partial charge in [-0.1, -0.05) is 0 Å². The van der Waals surface area contributed by atoms with Gasteiger partial charge in [0.1, 0.15) is 17.1 Å². The van der Waals surface area contributed by atoms with Crippen molar-refractivity contribution in [3.63, 3.8) is 0 Å². The number of hydrogen-bond donors (Lipinski definition) is 0. The highest BCUT2D eigenvalue weighted by molar-refractivity contribution is 5.91. The van der Waals surface area contributed by atoms with Crippen LogP contribution in [0.4, 0.5) is 0 Å². The third kappa shape index (κ3) is 7.39. The number of ether oxygens (including phenoxy) is 3. The van der Waals surface area contributed by atoms with Crippen LogP contribution in [-0.2, 0) is 14.3 Å². The first-order chi connectivity index (χ1) is 13.7. The number of carbonyl (C=O) groups excluding carboxylic acids is 3. The Balaban J connectivity index is 0.00000132. The van der Waals surface area contributed by atoms with Crippen LogP contribution in [0.1, 0.15) is 50.5 Å². The lowest BCUT2D eigenvalue weighted by molar-refractivity contribution is -0.191. The molecule has 0 aliphatic carbocycles. The third-order valence-corrected chi connectivity index (χ3v) is 3.47. The molecule has 0 radical (unpaired) electrons. The highest BCUT2D eigenvalue weighted by atomic mass is 16.6. The maximum absolute atomic E-state index is 12.4. The molecule has 2 aromatic rings. The fraction of sp³-hybridized carbons (Fsp3) is 0.409.